The Labute approximate surface area is 108 Å². The number of nitrogen functional groups attached to an aromatic ring is 1. The van der Waals surface area contributed by atoms with Crippen molar-refractivity contribution in [3.8, 4) is 5.75 Å². The van der Waals surface area contributed by atoms with E-state index >= 15 is 0 Å². The zero-order chi connectivity index (χ0) is 13.0. The van der Waals surface area contributed by atoms with Crippen LogP contribution in [-0.2, 0) is 13.0 Å². The van der Waals surface area contributed by atoms with Gasteiger partial charge >= 0.3 is 0 Å². The Morgan fingerprint density at radius 3 is 2.72 bits per heavy atom. The number of aromatic nitrogens is 1. The number of benzene rings is 1. The lowest BCUT2D eigenvalue weighted by Crippen LogP contribution is -2.01. The summed E-state index contributed by atoms with van der Waals surface area (Å²) in [5.74, 6) is 0.718. The van der Waals surface area contributed by atoms with Crippen LogP contribution in [0.4, 0.5) is 5.69 Å². The predicted molar refractivity (Wildman–Crippen MR) is 73.5 cm³/mol. The average molecular weight is 242 g/mol. The summed E-state index contributed by atoms with van der Waals surface area (Å²) < 4.78 is 5.69. The first-order valence-electron chi connectivity index (χ1n) is 6.12. The molecule has 0 bridgehead atoms. The SMILES string of the molecule is CCc1ccc(OCc2cccc(C)n2)c(N)c1. The van der Waals surface area contributed by atoms with Gasteiger partial charge in [-0.3, -0.25) is 4.98 Å². The van der Waals surface area contributed by atoms with E-state index in [1.54, 1.807) is 0 Å². The third-order valence-electron chi connectivity index (χ3n) is 2.80. The fourth-order valence-corrected chi connectivity index (χ4v) is 1.78. The van der Waals surface area contributed by atoms with Crippen molar-refractivity contribution in [1.29, 1.82) is 0 Å². The average Bonchev–Trinajstić information content (AvgIpc) is 2.37. The Bertz CT molecular complexity index is 538. The predicted octanol–water partition coefficient (Wildman–Crippen LogP) is 3.11. The van der Waals surface area contributed by atoms with Crippen molar-refractivity contribution in [2.24, 2.45) is 0 Å². The lowest BCUT2D eigenvalue weighted by molar-refractivity contribution is 0.302. The van der Waals surface area contributed by atoms with Gasteiger partial charge in [-0.15, -0.1) is 0 Å². The van der Waals surface area contributed by atoms with Gasteiger partial charge in [0.2, 0.25) is 0 Å². The van der Waals surface area contributed by atoms with Crippen LogP contribution in [0.5, 0.6) is 5.75 Å². The number of hydrogen-bond donors (Lipinski definition) is 1. The molecule has 0 radical (unpaired) electrons. The Kier molecular flexibility index (Phi) is 3.82. The Balaban J connectivity index is 2.06. The lowest BCUT2D eigenvalue weighted by Gasteiger charge is -2.10. The molecule has 0 fully saturated rings. The molecule has 0 aliphatic heterocycles. The van der Waals surface area contributed by atoms with Crippen molar-refractivity contribution < 1.29 is 4.74 Å². The molecule has 0 saturated carbocycles. The summed E-state index contributed by atoms with van der Waals surface area (Å²) >= 11 is 0. The van der Waals surface area contributed by atoms with E-state index in [4.69, 9.17) is 10.5 Å². The highest BCUT2D eigenvalue weighted by molar-refractivity contribution is 5.54. The number of hydrogen-bond acceptors (Lipinski definition) is 3. The number of aryl methyl sites for hydroxylation is 2. The molecule has 1 aromatic heterocycles. The van der Waals surface area contributed by atoms with Crippen LogP contribution in [-0.4, -0.2) is 4.98 Å². The number of nitrogens with zero attached hydrogens (tertiary/aromatic N) is 1. The molecule has 0 spiro atoms. The molecule has 0 saturated heterocycles. The summed E-state index contributed by atoms with van der Waals surface area (Å²) in [5, 5.41) is 0. The van der Waals surface area contributed by atoms with Crippen molar-refractivity contribution in [3.05, 3.63) is 53.3 Å². The van der Waals surface area contributed by atoms with Gasteiger partial charge in [0.25, 0.3) is 0 Å². The fraction of sp³-hybridized carbons (Fsp3) is 0.267. The van der Waals surface area contributed by atoms with Gasteiger partial charge < -0.3 is 10.5 Å². The number of ether oxygens (including phenoxy) is 1. The summed E-state index contributed by atoms with van der Waals surface area (Å²) in [6.45, 7) is 4.51. The minimum Gasteiger partial charge on any atom is -0.485 e. The van der Waals surface area contributed by atoms with Crippen LogP contribution in [0.2, 0.25) is 0 Å². The van der Waals surface area contributed by atoms with Gasteiger partial charge in [0, 0.05) is 5.69 Å². The zero-order valence-corrected chi connectivity index (χ0v) is 10.8. The van der Waals surface area contributed by atoms with E-state index < -0.39 is 0 Å². The standard InChI is InChI=1S/C15H18N2O/c1-3-12-7-8-15(14(16)9-12)18-10-13-6-4-5-11(2)17-13/h4-9H,3,10,16H2,1-2H3. The van der Waals surface area contributed by atoms with Gasteiger partial charge in [0.1, 0.15) is 12.4 Å². The van der Waals surface area contributed by atoms with Gasteiger partial charge in [0.15, 0.2) is 0 Å². The van der Waals surface area contributed by atoms with Gasteiger partial charge in [-0.05, 0) is 43.2 Å². The molecular formula is C15H18N2O. The number of rotatable bonds is 4. The van der Waals surface area contributed by atoms with Crippen LogP contribution in [0.3, 0.4) is 0 Å². The van der Waals surface area contributed by atoms with Gasteiger partial charge in [-0.1, -0.05) is 19.1 Å². The van der Waals surface area contributed by atoms with Crippen LogP contribution in [0, 0.1) is 6.92 Å². The molecule has 2 aromatic rings. The van der Waals surface area contributed by atoms with Crippen molar-refractivity contribution in [3.63, 3.8) is 0 Å². The largest absolute Gasteiger partial charge is 0.485 e. The summed E-state index contributed by atoms with van der Waals surface area (Å²) in [6, 6.07) is 11.8. The van der Waals surface area contributed by atoms with E-state index in [0.29, 0.717) is 12.3 Å². The molecule has 3 heteroatoms. The maximum absolute atomic E-state index is 5.95. The molecule has 1 aromatic carbocycles. The van der Waals surface area contributed by atoms with E-state index in [0.717, 1.165) is 23.6 Å². The molecule has 0 aliphatic carbocycles. The summed E-state index contributed by atoms with van der Waals surface area (Å²) in [5.41, 5.74) is 9.75. The van der Waals surface area contributed by atoms with Crippen molar-refractivity contribution in [2.75, 3.05) is 5.73 Å². The van der Waals surface area contributed by atoms with E-state index in [2.05, 4.69) is 11.9 Å². The van der Waals surface area contributed by atoms with Gasteiger partial charge in [-0.2, -0.15) is 0 Å². The molecule has 0 unspecified atom stereocenters. The van der Waals surface area contributed by atoms with E-state index in [1.807, 2.05) is 43.3 Å². The minimum atomic E-state index is 0.442. The first-order valence-corrected chi connectivity index (χ1v) is 6.12. The highest BCUT2D eigenvalue weighted by atomic mass is 16.5. The summed E-state index contributed by atoms with van der Waals surface area (Å²) in [7, 11) is 0. The monoisotopic (exact) mass is 242 g/mol. The third-order valence-corrected chi connectivity index (χ3v) is 2.80. The van der Waals surface area contributed by atoms with E-state index in [1.165, 1.54) is 5.56 Å². The number of nitrogens with two attached hydrogens (primary N) is 1. The molecule has 0 atom stereocenters. The van der Waals surface area contributed by atoms with Crippen LogP contribution in [0.15, 0.2) is 36.4 Å². The second-order valence-electron chi connectivity index (χ2n) is 4.28. The summed E-state index contributed by atoms with van der Waals surface area (Å²) in [6.07, 6.45) is 0.976. The second kappa shape index (κ2) is 5.54. The molecule has 1 heterocycles. The molecular weight excluding hydrogens is 224 g/mol. The normalized spacial score (nSPS) is 10.3. The third kappa shape index (κ3) is 3.00. The van der Waals surface area contributed by atoms with Crippen molar-refractivity contribution in [1.82, 2.24) is 4.98 Å². The molecule has 2 rings (SSSR count). The molecule has 94 valence electrons. The fourth-order valence-electron chi connectivity index (χ4n) is 1.78. The molecule has 3 nitrogen and oxygen atoms in total. The minimum absolute atomic E-state index is 0.442. The van der Waals surface area contributed by atoms with Gasteiger partial charge in [-0.25, -0.2) is 0 Å². The molecule has 0 aliphatic rings. The quantitative estimate of drug-likeness (QED) is 0.838. The Hall–Kier alpha value is -2.03. The maximum atomic E-state index is 5.95. The highest BCUT2D eigenvalue weighted by Gasteiger charge is 2.02. The Morgan fingerprint density at radius 1 is 1.22 bits per heavy atom. The second-order valence-corrected chi connectivity index (χ2v) is 4.28. The smallest absolute Gasteiger partial charge is 0.142 e. The summed E-state index contributed by atoms with van der Waals surface area (Å²) in [4.78, 5) is 4.39. The van der Waals surface area contributed by atoms with E-state index in [-0.39, 0.29) is 0 Å². The molecule has 18 heavy (non-hydrogen) atoms. The van der Waals surface area contributed by atoms with Crippen LogP contribution < -0.4 is 10.5 Å². The van der Waals surface area contributed by atoms with Crippen LogP contribution >= 0.6 is 0 Å². The van der Waals surface area contributed by atoms with Crippen molar-refractivity contribution in [2.45, 2.75) is 26.9 Å². The van der Waals surface area contributed by atoms with Gasteiger partial charge in [0.05, 0.1) is 11.4 Å². The van der Waals surface area contributed by atoms with Crippen LogP contribution in [0.1, 0.15) is 23.9 Å². The van der Waals surface area contributed by atoms with Crippen LogP contribution in [0.25, 0.3) is 0 Å². The number of anilines is 1. The first kappa shape index (κ1) is 12.4. The highest BCUT2D eigenvalue weighted by Crippen LogP contribution is 2.23. The van der Waals surface area contributed by atoms with E-state index in [9.17, 15) is 0 Å². The molecule has 0 amide bonds. The topological polar surface area (TPSA) is 48.1 Å². The Morgan fingerprint density at radius 2 is 2.06 bits per heavy atom. The molecule has 2 N–H and O–H groups in total. The first-order chi connectivity index (χ1) is 8.69. The number of pyridine rings is 1. The zero-order valence-electron chi connectivity index (χ0n) is 10.8. The maximum Gasteiger partial charge on any atom is 0.142 e. The van der Waals surface area contributed by atoms with Crippen molar-refractivity contribution >= 4 is 5.69 Å². The lowest BCUT2D eigenvalue weighted by atomic mass is 10.1.